The summed E-state index contributed by atoms with van der Waals surface area (Å²) in [6, 6.07) is 5.56. The molecule has 1 aliphatic rings. The molecule has 1 saturated heterocycles. The number of benzene rings is 1. The molecular formula is C12H16N4O. The van der Waals surface area contributed by atoms with Crippen LogP contribution in [0, 0.1) is 0 Å². The fourth-order valence-corrected chi connectivity index (χ4v) is 2.55. The number of hydrogen-bond donors (Lipinski definition) is 3. The highest BCUT2D eigenvalue weighted by Crippen LogP contribution is 2.29. The minimum atomic E-state index is 0.257. The molecule has 0 spiro atoms. The Morgan fingerprint density at radius 1 is 1.35 bits per heavy atom. The molecule has 0 bridgehead atoms. The third-order valence-electron chi connectivity index (χ3n) is 3.37. The Kier molecular flexibility index (Phi) is 2.40. The molecule has 0 aliphatic carbocycles. The second-order valence-corrected chi connectivity index (χ2v) is 4.49. The van der Waals surface area contributed by atoms with Crippen LogP contribution in [0.4, 0.5) is 5.95 Å². The molecule has 1 aliphatic heterocycles. The van der Waals surface area contributed by atoms with Gasteiger partial charge in [-0.1, -0.05) is 0 Å². The highest BCUT2D eigenvalue weighted by molar-refractivity contribution is 5.80. The van der Waals surface area contributed by atoms with Crippen molar-refractivity contribution < 1.29 is 5.11 Å². The lowest BCUT2D eigenvalue weighted by Crippen LogP contribution is -2.29. The molecule has 0 saturated carbocycles. The van der Waals surface area contributed by atoms with Crippen molar-refractivity contribution in [1.29, 1.82) is 0 Å². The van der Waals surface area contributed by atoms with Gasteiger partial charge in [0.05, 0.1) is 11.0 Å². The van der Waals surface area contributed by atoms with E-state index < -0.39 is 0 Å². The number of imidazole rings is 1. The molecular weight excluding hydrogens is 216 g/mol. The summed E-state index contributed by atoms with van der Waals surface area (Å²) in [5.74, 6) is 0.796. The van der Waals surface area contributed by atoms with E-state index in [4.69, 9.17) is 5.73 Å². The van der Waals surface area contributed by atoms with Gasteiger partial charge in [0, 0.05) is 12.1 Å². The van der Waals surface area contributed by atoms with Crippen LogP contribution in [0.25, 0.3) is 11.0 Å². The predicted octanol–water partition coefficient (Wildman–Crippen LogP) is 1.25. The Labute approximate surface area is 99.3 Å². The molecule has 17 heavy (non-hydrogen) atoms. The number of aromatic nitrogens is 2. The van der Waals surface area contributed by atoms with Crippen molar-refractivity contribution in [2.75, 3.05) is 18.8 Å². The van der Waals surface area contributed by atoms with Gasteiger partial charge >= 0.3 is 0 Å². The zero-order chi connectivity index (χ0) is 11.8. The average molecular weight is 232 g/mol. The molecule has 0 radical (unpaired) electrons. The number of rotatable bonds is 1. The number of fused-ring (bicyclic) bond motifs is 1. The van der Waals surface area contributed by atoms with Crippen LogP contribution in [-0.4, -0.2) is 27.7 Å². The van der Waals surface area contributed by atoms with Crippen LogP contribution in [0.1, 0.15) is 18.9 Å². The standard InChI is InChI=1S/C12H16N4O/c13-12-15-10-2-1-9(17)7-11(10)16(12)8-3-5-14-6-4-8/h1-2,7-8,14,17H,3-6H2,(H2,13,15). The van der Waals surface area contributed by atoms with Crippen molar-refractivity contribution in [1.82, 2.24) is 14.9 Å². The van der Waals surface area contributed by atoms with Crippen LogP contribution in [0.15, 0.2) is 18.2 Å². The van der Waals surface area contributed by atoms with Crippen LogP contribution in [0.5, 0.6) is 5.75 Å². The van der Waals surface area contributed by atoms with E-state index in [1.165, 1.54) is 0 Å². The molecule has 5 nitrogen and oxygen atoms in total. The fourth-order valence-electron chi connectivity index (χ4n) is 2.55. The smallest absolute Gasteiger partial charge is 0.201 e. The second kappa shape index (κ2) is 3.92. The maximum absolute atomic E-state index is 9.57. The molecule has 2 heterocycles. The molecule has 3 rings (SSSR count). The van der Waals surface area contributed by atoms with E-state index in [-0.39, 0.29) is 5.75 Å². The largest absolute Gasteiger partial charge is 0.508 e. The highest BCUT2D eigenvalue weighted by atomic mass is 16.3. The number of hydrogen-bond acceptors (Lipinski definition) is 4. The number of nitrogens with two attached hydrogens (primary N) is 1. The maximum Gasteiger partial charge on any atom is 0.201 e. The lowest BCUT2D eigenvalue weighted by Gasteiger charge is -2.25. The van der Waals surface area contributed by atoms with Crippen molar-refractivity contribution >= 4 is 17.0 Å². The van der Waals surface area contributed by atoms with E-state index in [0.29, 0.717) is 12.0 Å². The first kappa shape index (κ1) is 10.4. The molecule has 0 unspecified atom stereocenters. The normalized spacial score (nSPS) is 17.6. The van der Waals surface area contributed by atoms with Crippen molar-refractivity contribution in [2.24, 2.45) is 0 Å². The van der Waals surface area contributed by atoms with Crippen molar-refractivity contribution in [3.05, 3.63) is 18.2 Å². The zero-order valence-corrected chi connectivity index (χ0v) is 9.56. The third kappa shape index (κ3) is 1.72. The second-order valence-electron chi connectivity index (χ2n) is 4.49. The number of nitrogens with one attached hydrogen (secondary N) is 1. The molecule has 1 aromatic heterocycles. The highest BCUT2D eigenvalue weighted by Gasteiger charge is 2.20. The monoisotopic (exact) mass is 232 g/mol. The van der Waals surface area contributed by atoms with Crippen LogP contribution in [-0.2, 0) is 0 Å². The summed E-state index contributed by atoms with van der Waals surface area (Å²) >= 11 is 0. The van der Waals surface area contributed by atoms with Gasteiger partial charge in [0.1, 0.15) is 5.75 Å². The van der Waals surface area contributed by atoms with Crippen molar-refractivity contribution in [3.8, 4) is 5.75 Å². The number of nitrogens with zero attached hydrogens (tertiary/aromatic N) is 2. The Morgan fingerprint density at radius 3 is 2.88 bits per heavy atom. The number of phenolic OH excluding ortho intramolecular Hbond substituents is 1. The SMILES string of the molecule is Nc1nc2ccc(O)cc2n1C1CCNCC1. The Bertz CT molecular complexity index is 543. The molecule has 0 atom stereocenters. The minimum absolute atomic E-state index is 0.257. The predicted molar refractivity (Wildman–Crippen MR) is 67.0 cm³/mol. The summed E-state index contributed by atoms with van der Waals surface area (Å²) in [5.41, 5.74) is 7.76. The van der Waals surface area contributed by atoms with Gasteiger partial charge in [0.15, 0.2) is 0 Å². The molecule has 4 N–H and O–H groups in total. The van der Waals surface area contributed by atoms with Gasteiger partial charge in [-0.05, 0) is 38.1 Å². The van der Waals surface area contributed by atoms with E-state index in [2.05, 4.69) is 14.9 Å². The first-order valence-electron chi connectivity index (χ1n) is 5.93. The molecule has 1 fully saturated rings. The number of aromatic hydroxyl groups is 1. The third-order valence-corrected chi connectivity index (χ3v) is 3.37. The number of anilines is 1. The van der Waals surface area contributed by atoms with Gasteiger partial charge in [-0.25, -0.2) is 4.98 Å². The van der Waals surface area contributed by atoms with Gasteiger partial charge in [-0.2, -0.15) is 0 Å². The van der Waals surface area contributed by atoms with Crippen molar-refractivity contribution in [2.45, 2.75) is 18.9 Å². The summed E-state index contributed by atoms with van der Waals surface area (Å²) in [7, 11) is 0. The first-order valence-corrected chi connectivity index (χ1v) is 5.93. The van der Waals surface area contributed by atoms with Crippen LogP contribution < -0.4 is 11.1 Å². The number of piperidine rings is 1. The summed E-state index contributed by atoms with van der Waals surface area (Å²) in [6.45, 7) is 2.01. The molecule has 90 valence electrons. The summed E-state index contributed by atoms with van der Waals surface area (Å²) < 4.78 is 2.05. The maximum atomic E-state index is 9.57. The topological polar surface area (TPSA) is 76.1 Å². The minimum Gasteiger partial charge on any atom is -0.508 e. The summed E-state index contributed by atoms with van der Waals surface area (Å²) in [4.78, 5) is 4.34. The van der Waals surface area contributed by atoms with Crippen LogP contribution >= 0.6 is 0 Å². The van der Waals surface area contributed by atoms with E-state index in [1.807, 2.05) is 0 Å². The Morgan fingerprint density at radius 2 is 2.12 bits per heavy atom. The lowest BCUT2D eigenvalue weighted by atomic mass is 10.1. The van der Waals surface area contributed by atoms with E-state index >= 15 is 0 Å². The lowest BCUT2D eigenvalue weighted by molar-refractivity contribution is 0.378. The number of nitrogen functional groups attached to an aromatic ring is 1. The van der Waals surface area contributed by atoms with Crippen LogP contribution in [0.2, 0.25) is 0 Å². The van der Waals surface area contributed by atoms with Gasteiger partial charge in [0.25, 0.3) is 0 Å². The van der Waals surface area contributed by atoms with E-state index in [1.54, 1.807) is 18.2 Å². The zero-order valence-electron chi connectivity index (χ0n) is 9.56. The quantitative estimate of drug-likeness (QED) is 0.691. The molecule has 0 amide bonds. The van der Waals surface area contributed by atoms with Crippen molar-refractivity contribution in [3.63, 3.8) is 0 Å². The molecule has 5 heteroatoms. The first-order chi connectivity index (χ1) is 8.25. The van der Waals surface area contributed by atoms with Gasteiger partial charge < -0.3 is 20.7 Å². The molecule has 2 aromatic rings. The fraction of sp³-hybridized carbons (Fsp3) is 0.417. The van der Waals surface area contributed by atoms with Gasteiger partial charge in [-0.3, -0.25) is 0 Å². The van der Waals surface area contributed by atoms with Gasteiger partial charge in [-0.15, -0.1) is 0 Å². The number of phenols is 1. The Balaban J connectivity index is 2.13. The average Bonchev–Trinajstić information content (AvgIpc) is 2.65. The summed E-state index contributed by atoms with van der Waals surface area (Å²) in [6.07, 6.45) is 2.09. The van der Waals surface area contributed by atoms with E-state index in [0.717, 1.165) is 37.0 Å². The van der Waals surface area contributed by atoms with Gasteiger partial charge in [0.2, 0.25) is 5.95 Å². The summed E-state index contributed by atoms with van der Waals surface area (Å²) in [5, 5.41) is 12.9. The van der Waals surface area contributed by atoms with Crippen LogP contribution in [0.3, 0.4) is 0 Å². The van der Waals surface area contributed by atoms with E-state index in [9.17, 15) is 5.11 Å². The molecule has 1 aromatic carbocycles. The Hall–Kier alpha value is -1.75.